The molecule has 3 heterocycles. The Balaban J connectivity index is 1.46. The quantitative estimate of drug-likeness (QED) is 0.195. The summed E-state index contributed by atoms with van der Waals surface area (Å²) in [5.41, 5.74) is 12.1. The fraction of sp³-hybridized carbons (Fsp3) is 0.226. The van der Waals surface area contributed by atoms with Crippen LogP contribution in [0.2, 0.25) is 0 Å². The predicted octanol–water partition coefficient (Wildman–Crippen LogP) is 4.96. The first-order valence-electron chi connectivity index (χ1n) is 13.5. The number of aliphatic hydroxyl groups excluding tert-OH is 1. The van der Waals surface area contributed by atoms with Crippen molar-refractivity contribution in [2.45, 2.75) is 37.8 Å². The van der Waals surface area contributed by atoms with Crippen molar-refractivity contribution >= 4 is 34.7 Å². The number of hydrogen-bond acceptors (Lipinski definition) is 7. The third-order valence-corrected chi connectivity index (χ3v) is 7.99. The molecule has 0 bridgehead atoms. The van der Waals surface area contributed by atoms with E-state index >= 15 is 0 Å². The number of carbonyl (C=O) groups excluding carboxylic acids is 1. The molecule has 41 heavy (non-hydrogen) atoms. The van der Waals surface area contributed by atoms with Crippen LogP contribution in [0, 0.1) is 0 Å². The molecular formula is C31H30ClN7O2. The van der Waals surface area contributed by atoms with Gasteiger partial charge >= 0.3 is 0 Å². The normalized spacial score (nSPS) is 14.9. The molecule has 0 spiro atoms. The first-order chi connectivity index (χ1) is 19.9. The van der Waals surface area contributed by atoms with Gasteiger partial charge in [0.2, 0.25) is 0 Å². The van der Waals surface area contributed by atoms with E-state index in [-0.39, 0.29) is 18.0 Å². The van der Waals surface area contributed by atoms with Crippen molar-refractivity contribution in [3.8, 4) is 28.3 Å². The zero-order valence-electron chi connectivity index (χ0n) is 22.5. The summed E-state index contributed by atoms with van der Waals surface area (Å²) in [6, 6.07) is 23.0. The number of pyridine rings is 2. The second kappa shape index (κ2) is 10.9. The Morgan fingerprint density at radius 1 is 1.10 bits per heavy atom. The number of nitrogen functional groups attached to an aromatic ring is 1. The SMILES string of the molecule is C[C@@H](O)CNC(=O)c1cccc(-c2ccc3nc(-c4cccnc4N)n(-c4ccc(C5(NCl)CCC5)cc4)c3n2)c1. The second-order valence-electron chi connectivity index (χ2n) is 10.5. The Morgan fingerprint density at radius 2 is 1.90 bits per heavy atom. The molecule has 2 aromatic carbocycles. The van der Waals surface area contributed by atoms with Gasteiger partial charge in [-0.15, -0.1) is 0 Å². The maximum atomic E-state index is 12.6. The average molecular weight is 568 g/mol. The number of nitrogens with zero attached hydrogens (tertiary/aromatic N) is 4. The van der Waals surface area contributed by atoms with E-state index in [9.17, 15) is 9.90 Å². The lowest BCUT2D eigenvalue weighted by atomic mass is 9.73. The topological polar surface area (TPSA) is 131 Å². The van der Waals surface area contributed by atoms with Gasteiger partial charge in [0.15, 0.2) is 11.5 Å². The standard InChI is InChI=1S/C31H30ClN7O2/c1-19(40)18-35-30(41)21-6-2-5-20(17-21)25-12-13-26-29(36-25)39(28(37-26)24-7-3-16-34-27(24)33)23-10-8-22(9-11-23)31(38-32)14-4-15-31/h2-3,5-13,16-17,19,38,40H,4,14-15,18H2,1H3,(H2,33,34)(H,35,41)/t19-/m1/s1. The van der Waals surface area contributed by atoms with E-state index in [1.54, 1.807) is 25.3 Å². The molecule has 3 aromatic heterocycles. The van der Waals surface area contributed by atoms with Crippen LogP contribution >= 0.6 is 11.8 Å². The van der Waals surface area contributed by atoms with E-state index in [4.69, 9.17) is 27.5 Å². The summed E-state index contributed by atoms with van der Waals surface area (Å²) in [5.74, 6) is 0.739. The maximum Gasteiger partial charge on any atom is 0.251 e. The minimum absolute atomic E-state index is 0.174. The highest BCUT2D eigenvalue weighted by Crippen LogP contribution is 2.42. The average Bonchev–Trinajstić information content (AvgIpc) is 3.35. The maximum absolute atomic E-state index is 12.6. The molecule has 1 amide bonds. The van der Waals surface area contributed by atoms with Gasteiger partial charge in [-0.05, 0) is 92.1 Å². The lowest BCUT2D eigenvalue weighted by Gasteiger charge is -2.41. The molecule has 208 valence electrons. The molecule has 6 rings (SSSR count). The van der Waals surface area contributed by atoms with E-state index in [0.29, 0.717) is 39.6 Å². The van der Waals surface area contributed by atoms with E-state index in [1.807, 2.05) is 53.1 Å². The molecule has 10 heteroatoms. The Labute approximate surface area is 242 Å². The molecule has 5 aromatic rings. The van der Waals surface area contributed by atoms with Crippen LogP contribution in [-0.4, -0.2) is 43.2 Å². The third kappa shape index (κ3) is 5.04. The lowest BCUT2D eigenvalue weighted by Crippen LogP contribution is -2.43. The Morgan fingerprint density at radius 3 is 2.59 bits per heavy atom. The van der Waals surface area contributed by atoms with Gasteiger partial charge in [-0.1, -0.05) is 24.3 Å². The molecule has 0 radical (unpaired) electrons. The van der Waals surface area contributed by atoms with Crippen LogP contribution in [0.3, 0.4) is 0 Å². The number of aliphatic hydroxyl groups is 1. The van der Waals surface area contributed by atoms with Crippen LogP contribution < -0.4 is 15.9 Å². The molecule has 5 N–H and O–H groups in total. The zero-order valence-corrected chi connectivity index (χ0v) is 23.3. The summed E-state index contributed by atoms with van der Waals surface area (Å²) in [5, 5.41) is 12.3. The molecule has 1 atom stereocenters. The molecule has 1 saturated carbocycles. The number of rotatable bonds is 8. The van der Waals surface area contributed by atoms with Crippen LogP contribution in [0.1, 0.15) is 42.1 Å². The van der Waals surface area contributed by atoms with Crippen LogP contribution in [0.5, 0.6) is 0 Å². The molecule has 0 saturated heterocycles. The number of amides is 1. The zero-order chi connectivity index (χ0) is 28.6. The number of nitrogens with one attached hydrogen (secondary N) is 2. The van der Waals surface area contributed by atoms with E-state index in [1.165, 1.54) is 0 Å². The molecule has 0 aliphatic heterocycles. The van der Waals surface area contributed by atoms with E-state index < -0.39 is 6.10 Å². The molecule has 1 aliphatic carbocycles. The Bertz CT molecular complexity index is 1720. The number of anilines is 1. The highest BCUT2D eigenvalue weighted by Gasteiger charge is 2.38. The van der Waals surface area contributed by atoms with Gasteiger partial charge in [-0.3, -0.25) is 9.36 Å². The molecule has 9 nitrogen and oxygen atoms in total. The van der Waals surface area contributed by atoms with Gasteiger partial charge in [0.05, 0.1) is 22.9 Å². The van der Waals surface area contributed by atoms with Gasteiger partial charge in [-0.2, -0.15) is 0 Å². The highest BCUT2D eigenvalue weighted by molar-refractivity contribution is 6.14. The number of fused-ring (bicyclic) bond motifs is 1. The van der Waals surface area contributed by atoms with Crippen LogP contribution in [-0.2, 0) is 5.54 Å². The monoisotopic (exact) mass is 567 g/mol. The van der Waals surface area contributed by atoms with Crippen molar-refractivity contribution in [3.05, 3.63) is 90.1 Å². The number of carbonyl (C=O) groups is 1. The number of imidazole rings is 1. The van der Waals surface area contributed by atoms with Crippen molar-refractivity contribution in [1.82, 2.24) is 29.7 Å². The van der Waals surface area contributed by atoms with Gasteiger partial charge in [0.1, 0.15) is 11.3 Å². The summed E-state index contributed by atoms with van der Waals surface area (Å²) in [6.45, 7) is 1.80. The smallest absolute Gasteiger partial charge is 0.251 e. The van der Waals surface area contributed by atoms with E-state index in [2.05, 4.69) is 27.3 Å². The number of nitrogens with two attached hydrogens (primary N) is 1. The van der Waals surface area contributed by atoms with Gasteiger partial charge in [-0.25, -0.2) is 19.8 Å². The van der Waals surface area contributed by atoms with E-state index in [0.717, 1.165) is 36.1 Å². The molecular weight excluding hydrogens is 538 g/mol. The molecule has 1 aliphatic rings. The number of hydrogen-bond donors (Lipinski definition) is 4. The summed E-state index contributed by atoms with van der Waals surface area (Å²) in [4.78, 5) is 29.8. The largest absolute Gasteiger partial charge is 0.392 e. The van der Waals surface area contributed by atoms with Crippen molar-refractivity contribution in [1.29, 1.82) is 0 Å². The fourth-order valence-corrected chi connectivity index (χ4v) is 5.51. The predicted molar refractivity (Wildman–Crippen MR) is 160 cm³/mol. The minimum Gasteiger partial charge on any atom is -0.392 e. The number of benzene rings is 2. The summed E-state index contributed by atoms with van der Waals surface area (Å²) < 4.78 is 1.98. The first kappa shape index (κ1) is 26.9. The van der Waals surface area contributed by atoms with Crippen LogP contribution in [0.4, 0.5) is 5.82 Å². The van der Waals surface area contributed by atoms with Gasteiger partial charge < -0.3 is 16.2 Å². The van der Waals surface area contributed by atoms with Gasteiger partial charge in [0.25, 0.3) is 5.91 Å². The minimum atomic E-state index is -0.631. The summed E-state index contributed by atoms with van der Waals surface area (Å²) >= 11 is 6.14. The summed E-state index contributed by atoms with van der Waals surface area (Å²) in [6.07, 6.45) is 4.13. The summed E-state index contributed by atoms with van der Waals surface area (Å²) in [7, 11) is 0. The fourth-order valence-electron chi connectivity index (χ4n) is 5.21. The van der Waals surface area contributed by atoms with Crippen molar-refractivity contribution < 1.29 is 9.90 Å². The lowest BCUT2D eigenvalue weighted by molar-refractivity contribution is 0.0924. The van der Waals surface area contributed by atoms with Crippen LogP contribution in [0.25, 0.3) is 39.5 Å². The number of aromatic nitrogens is 4. The second-order valence-corrected chi connectivity index (χ2v) is 10.7. The Hall–Kier alpha value is -4.31. The van der Waals surface area contributed by atoms with Crippen molar-refractivity contribution in [2.24, 2.45) is 0 Å². The molecule has 1 fully saturated rings. The molecule has 0 unspecified atom stereocenters. The highest BCUT2D eigenvalue weighted by atomic mass is 35.5. The first-order valence-corrected chi connectivity index (χ1v) is 13.9. The van der Waals surface area contributed by atoms with Crippen LogP contribution in [0.15, 0.2) is 79.0 Å². The van der Waals surface area contributed by atoms with Gasteiger partial charge in [0, 0.05) is 29.6 Å². The third-order valence-electron chi connectivity index (χ3n) is 7.63. The van der Waals surface area contributed by atoms with Crippen molar-refractivity contribution in [3.63, 3.8) is 0 Å². The van der Waals surface area contributed by atoms with Crippen molar-refractivity contribution in [2.75, 3.05) is 12.3 Å². The number of halogens is 1. The Kier molecular flexibility index (Phi) is 7.17.